The predicted octanol–water partition coefficient (Wildman–Crippen LogP) is 5.28. The Labute approximate surface area is 228 Å². The zero-order valence-corrected chi connectivity index (χ0v) is 21.7. The smallest absolute Gasteiger partial charge is 0.263 e. The number of hydrogen-bond donors (Lipinski definition) is 4. The van der Waals surface area contributed by atoms with Crippen LogP contribution in [0.2, 0.25) is 0 Å². The Morgan fingerprint density at radius 1 is 0.850 bits per heavy atom. The summed E-state index contributed by atoms with van der Waals surface area (Å²) in [6.45, 7) is 0. The average Bonchev–Trinajstić information content (AvgIpc) is 2.93. The minimum absolute atomic E-state index is 0.0685. The van der Waals surface area contributed by atoms with E-state index in [0.29, 0.717) is 22.5 Å². The lowest BCUT2D eigenvalue weighted by atomic mass is 10.2. The van der Waals surface area contributed by atoms with Gasteiger partial charge in [-0.1, -0.05) is 30.3 Å². The van der Waals surface area contributed by atoms with E-state index in [4.69, 9.17) is 4.74 Å². The predicted molar refractivity (Wildman–Crippen MR) is 149 cm³/mol. The molecule has 1 amide bonds. The number of hydrogen-bond acceptors (Lipinski definition) is 8. The van der Waals surface area contributed by atoms with Crippen LogP contribution in [0.3, 0.4) is 0 Å². The highest BCUT2D eigenvalue weighted by Crippen LogP contribution is 2.31. The number of amides is 1. The van der Waals surface area contributed by atoms with Crippen LogP contribution in [0.25, 0.3) is 11.0 Å². The molecular formula is C28H22FN5O5S. The third-order valence-corrected chi connectivity index (χ3v) is 7.05. The molecule has 0 aliphatic heterocycles. The molecule has 12 heteroatoms. The fourth-order valence-corrected chi connectivity index (χ4v) is 4.89. The maximum absolute atomic E-state index is 14.0. The van der Waals surface area contributed by atoms with Crippen LogP contribution < -0.4 is 20.1 Å². The lowest BCUT2D eigenvalue weighted by Gasteiger charge is -2.15. The van der Waals surface area contributed by atoms with Crippen LogP contribution in [-0.2, 0) is 10.0 Å². The summed E-state index contributed by atoms with van der Waals surface area (Å²) in [7, 11) is -2.80. The van der Waals surface area contributed by atoms with Crippen LogP contribution in [0.4, 0.5) is 27.4 Å². The first-order valence-electron chi connectivity index (χ1n) is 11.8. The van der Waals surface area contributed by atoms with Gasteiger partial charge in [-0.05, 0) is 42.5 Å². The molecular weight excluding hydrogens is 537 g/mol. The van der Waals surface area contributed by atoms with Crippen molar-refractivity contribution in [2.24, 2.45) is 0 Å². The Balaban J connectivity index is 1.47. The molecule has 0 atom stereocenters. The molecule has 0 fully saturated rings. The maximum Gasteiger partial charge on any atom is 0.263 e. The number of para-hydroxylation sites is 2. The molecule has 0 saturated carbocycles. The first-order valence-corrected chi connectivity index (χ1v) is 13.3. The number of sulfonamides is 1. The van der Waals surface area contributed by atoms with Crippen LogP contribution in [0.1, 0.15) is 10.4 Å². The number of phenols is 1. The van der Waals surface area contributed by atoms with Gasteiger partial charge in [0.2, 0.25) is 0 Å². The normalized spacial score (nSPS) is 11.2. The highest BCUT2D eigenvalue weighted by molar-refractivity contribution is 7.92. The Morgan fingerprint density at radius 2 is 1.55 bits per heavy atom. The van der Waals surface area contributed by atoms with E-state index in [9.17, 15) is 22.7 Å². The fraction of sp³-hybridized carbons (Fsp3) is 0.0357. The van der Waals surface area contributed by atoms with Crippen molar-refractivity contribution in [1.82, 2.24) is 9.97 Å². The summed E-state index contributed by atoms with van der Waals surface area (Å²) in [4.78, 5) is 21.3. The quantitative estimate of drug-likeness (QED) is 0.201. The summed E-state index contributed by atoms with van der Waals surface area (Å²) >= 11 is 0. The molecule has 5 aromatic rings. The van der Waals surface area contributed by atoms with E-state index >= 15 is 0 Å². The molecule has 0 aliphatic rings. The number of aromatic nitrogens is 2. The number of methoxy groups -OCH3 is 1. The van der Waals surface area contributed by atoms with Gasteiger partial charge in [-0.25, -0.2) is 22.8 Å². The Hall–Kier alpha value is -5.23. The second-order valence-corrected chi connectivity index (χ2v) is 10.2. The Kier molecular flexibility index (Phi) is 7.17. The van der Waals surface area contributed by atoms with Gasteiger partial charge in [-0.3, -0.25) is 9.52 Å². The maximum atomic E-state index is 14.0. The van der Waals surface area contributed by atoms with E-state index in [1.165, 1.54) is 61.7 Å². The van der Waals surface area contributed by atoms with E-state index in [-0.39, 0.29) is 33.5 Å². The number of halogens is 1. The van der Waals surface area contributed by atoms with E-state index in [1.54, 1.807) is 30.3 Å². The molecule has 5 rings (SSSR count). The molecule has 0 unspecified atom stereocenters. The van der Waals surface area contributed by atoms with E-state index in [2.05, 4.69) is 25.3 Å². The molecule has 0 radical (unpaired) electrons. The van der Waals surface area contributed by atoms with Crippen molar-refractivity contribution in [3.63, 3.8) is 0 Å². The van der Waals surface area contributed by atoms with Gasteiger partial charge in [0.25, 0.3) is 15.9 Å². The van der Waals surface area contributed by atoms with Gasteiger partial charge in [0, 0.05) is 29.6 Å². The standard InChI is InChI=1S/C28H22FN5O5S/c1-39-20-14-18(13-19(35)16-20)30-26-27(33-25-12-5-4-11-24(25)32-26)34-40(37,38)21-8-6-7-17(15-21)31-28(36)22-9-2-3-10-23(22)29/h2-16,35H,1H3,(H,30,32)(H,31,36)(H,33,34). The van der Waals surface area contributed by atoms with Crippen molar-refractivity contribution in [2.75, 3.05) is 22.5 Å². The Morgan fingerprint density at radius 3 is 2.27 bits per heavy atom. The largest absolute Gasteiger partial charge is 0.508 e. The molecule has 10 nitrogen and oxygen atoms in total. The van der Waals surface area contributed by atoms with Crippen LogP contribution in [0.5, 0.6) is 11.5 Å². The van der Waals surface area contributed by atoms with Crippen molar-refractivity contribution in [3.8, 4) is 11.5 Å². The number of rotatable bonds is 8. The SMILES string of the molecule is COc1cc(O)cc(Nc2nc3ccccc3nc2NS(=O)(=O)c2cccc(NC(=O)c3ccccc3F)c2)c1. The monoisotopic (exact) mass is 559 g/mol. The number of carbonyl (C=O) groups excluding carboxylic acids is 1. The zero-order chi connectivity index (χ0) is 28.3. The molecule has 4 N–H and O–H groups in total. The number of ether oxygens (including phenoxy) is 1. The summed E-state index contributed by atoms with van der Waals surface area (Å²) in [5.74, 6) is -1.18. The number of anilines is 4. The van der Waals surface area contributed by atoms with Crippen LogP contribution in [0, 0.1) is 5.82 Å². The number of fused-ring (bicyclic) bond motifs is 1. The second-order valence-electron chi connectivity index (χ2n) is 8.52. The van der Waals surface area contributed by atoms with Crippen molar-refractivity contribution in [3.05, 3.63) is 102 Å². The first kappa shape index (κ1) is 26.4. The summed E-state index contributed by atoms with van der Waals surface area (Å²) in [6.07, 6.45) is 0. The molecule has 0 spiro atoms. The second kappa shape index (κ2) is 10.9. The number of nitrogens with one attached hydrogen (secondary N) is 3. The summed E-state index contributed by atoms with van der Waals surface area (Å²) in [6, 6.07) is 22.3. The van der Waals surface area contributed by atoms with Gasteiger partial charge in [-0.15, -0.1) is 0 Å². The summed E-state index contributed by atoms with van der Waals surface area (Å²) in [5, 5.41) is 15.5. The summed E-state index contributed by atoms with van der Waals surface area (Å²) in [5.41, 5.74) is 1.27. The minimum Gasteiger partial charge on any atom is -0.508 e. The van der Waals surface area contributed by atoms with Crippen LogP contribution in [0.15, 0.2) is 95.9 Å². The molecule has 40 heavy (non-hydrogen) atoms. The fourth-order valence-electron chi connectivity index (χ4n) is 3.84. The average molecular weight is 560 g/mol. The summed E-state index contributed by atoms with van der Waals surface area (Å²) < 4.78 is 48.5. The van der Waals surface area contributed by atoms with Crippen LogP contribution in [-0.4, -0.2) is 36.5 Å². The number of carbonyl (C=O) groups is 1. The molecule has 1 heterocycles. The van der Waals surface area contributed by atoms with Gasteiger partial charge in [0.05, 0.1) is 28.6 Å². The lowest BCUT2D eigenvalue weighted by Crippen LogP contribution is -2.17. The lowest BCUT2D eigenvalue weighted by molar-refractivity contribution is 0.102. The van der Waals surface area contributed by atoms with E-state index in [0.717, 1.165) is 6.07 Å². The topological polar surface area (TPSA) is 143 Å². The first-order chi connectivity index (χ1) is 19.2. The van der Waals surface area contributed by atoms with Gasteiger partial charge in [0.15, 0.2) is 11.6 Å². The highest BCUT2D eigenvalue weighted by atomic mass is 32.2. The molecule has 0 aliphatic carbocycles. The highest BCUT2D eigenvalue weighted by Gasteiger charge is 2.21. The third kappa shape index (κ3) is 5.76. The molecule has 1 aromatic heterocycles. The van der Waals surface area contributed by atoms with Gasteiger partial charge >= 0.3 is 0 Å². The zero-order valence-electron chi connectivity index (χ0n) is 20.9. The van der Waals surface area contributed by atoms with Crippen molar-refractivity contribution >= 4 is 50.0 Å². The number of benzene rings is 4. The van der Waals surface area contributed by atoms with Crippen molar-refractivity contribution in [1.29, 1.82) is 0 Å². The molecule has 0 bridgehead atoms. The van der Waals surface area contributed by atoms with Gasteiger partial charge < -0.3 is 20.5 Å². The van der Waals surface area contributed by atoms with Crippen molar-refractivity contribution < 1.29 is 27.4 Å². The van der Waals surface area contributed by atoms with Crippen LogP contribution >= 0.6 is 0 Å². The third-order valence-electron chi connectivity index (χ3n) is 5.71. The van der Waals surface area contributed by atoms with Gasteiger partial charge in [0.1, 0.15) is 17.3 Å². The minimum atomic E-state index is -4.24. The van der Waals surface area contributed by atoms with E-state index in [1.807, 2.05) is 0 Å². The van der Waals surface area contributed by atoms with Gasteiger partial charge in [-0.2, -0.15) is 0 Å². The number of nitrogens with zero attached hydrogens (tertiary/aromatic N) is 2. The molecule has 202 valence electrons. The molecule has 4 aromatic carbocycles. The Bertz CT molecular complexity index is 1850. The number of aromatic hydroxyl groups is 1. The molecule has 0 saturated heterocycles. The number of phenolic OH excluding ortho intramolecular Hbond substituents is 1. The van der Waals surface area contributed by atoms with E-state index < -0.39 is 21.7 Å². The van der Waals surface area contributed by atoms with Crippen molar-refractivity contribution in [2.45, 2.75) is 4.90 Å².